The zero-order valence-corrected chi connectivity index (χ0v) is 16.5. The van der Waals surface area contributed by atoms with E-state index in [0.717, 1.165) is 16.8 Å². The summed E-state index contributed by atoms with van der Waals surface area (Å²) in [5, 5.41) is 9.41. The average molecular weight is 416 g/mol. The number of nitrogens with zero attached hydrogens (tertiary/aromatic N) is 3. The third-order valence-corrected chi connectivity index (χ3v) is 5.24. The Morgan fingerprint density at radius 1 is 1.04 bits per heavy atom. The van der Waals surface area contributed by atoms with Gasteiger partial charge in [-0.15, -0.1) is 10.2 Å². The normalized spacial score (nSPS) is 11.1. The topological polar surface area (TPSA) is 39.4 Å². The summed E-state index contributed by atoms with van der Waals surface area (Å²) in [6.45, 7) is 0. The Balaban J connectivity index is 1.70. The van der Waals surface area contributed by atoms with Gasteiger partial charge in [-0.3, -0.25) is 4.40 Å². The van der Waals surface area contributed by atoms with E-state index in [1.165, 1.54) is 6.07 Å². The molecule has 0 aliphatic carbocycles. The van der Waals surface area contributed by atoms with E-state index in [2.05, 4.69) is 10.2 Å². The SMILES string of the molecule is COc1cccc(F)c1CCc1ccc(-c2ccc(Cl)cc2Cl)c2nncn12. The second-order valence-electron chi connectivity index (χ2n) is 6.31. The van der Waals surface area contributed by atoms with Gasteiger partial charge in [0, 0.05) is 27.4 Å². The van der Waals surface area contributed by atoms with Crippen LogP contribution in [0.3, 0.4) is 0 Å². The van der Waals surface area contributed by atoms with Gasteiger partial charge < -0.3 is 4.74 Å². The van der Waals surface area contributed by atoms with Crippen molar-refractivity contribution in [3.8, 4) is 16.9 Å². The Bertz CT molecular complexity index is 1160. The molecule has 0 atom stereocenters. The van der Waals surface area contributed by atoms with Crippen molar-refractivity contribution in [2.45, 2.75) is 12.8 Å². The number of rotatable bonds is 5. The molecule has 0 unspecified atom stereocenters. The van der Waals surface area contributed by atoms with E-state index in [9.17, 15) is 4.39 Å². The number of ether oxygens (including phenoxy) is 1. The molecule has 0 bridgehead atoms. The van der Waals surface area contributed by atoms with Gasteiger partial charge in [-0.1, -0.05) is 35.3 Å². The molecule has 0 saturated heterocycles. The molecule has 0 amide bonds. The number of pyridine rings is 1. The molecule has 0 N–H and O–H groups in total. The molecule has 0 aliphatic heterocycles. The van der Waals surface area contributed by atoms with E-state index in [4.69, 9.17) is 27.9 Å². The minimum absolute atomic E-state index is 0.274. The minimum Gasteiger partial charge on any atom is -0.496 e. The second kappa shape index (κ2) is 7.78. The molecule has 2 heterocycles. The molecule has 0 radical (unpaired) electrons. The molecule has 28 heavy (non-hydrogen) atoms. The first kappa shape index (κ1) is 18.7. The fourth-order valence-corrected chi connectivity index (χ4v) is 3.82. The quantitative estimate of drug-likeness (QED) is 0.423. The zero-order valence-electron chi connectivity index (χ0n) is 15.0. The fourth-order valence-electron chi connectivity index (χ4n) is 3.31. The third kappa shape index (κ3) is 3.43. The van der Waals surface area contributed by atoms with Crippen molar-refractivity contribution in [3.63, 3.8) is 0 Å². The molecule has 0 fully saturated rings. The molecule has 0 saturated carbocycles. The van der Waals surface area contributed by atoms with Crippen LogP contribution in [0.25, 0.3) is 16.8 Å². The summed E-state index contributed by atoms with van der Waals surface area (Å²) in [5.41, 5.74) is 3.87. The van der Waals surface area contributed by atoms with E-state index in [0.29, 0.717) is 39.8 Å². The first-order valence-corrected chi connectivity index (χ1v) is 9.42. The van der Waals surface area contributed by atoms with Crippen LogP contribution in [0.4, 0.5) is 4.39 Å². The summed E-state index contributed by atoms with van der Waals surface area (Å²) >= 11 is 12.4. The molecule has 2 aromatic carbocycles. The summed E-state index contributed by atoms with van der Waals surface area (Å²) in [5.74, 6) is 0.272. The van der Waals surface area contributed by atoms with E-state index in [-0.39, 0.29) is 5.82 Å². The second-order valence-corrected chi connectivity index (χ2v) is 7.15. The molecule has 7 heteroatoms. The van der Waals surface area contributed by atoms with Crippen molar-refractivity contribution in [3.05, 3.63) is 82.0 Å². The molecular formula is C21H16Cl2FN3O. The number of benzene rings is 2. The lowest BCUT2D eigenvalue weighted by atomic mass is 10.0. The highest BCUT2D eigenvalue weighted by atomic mass is 35.5. The molecule has 142 valence electrons. The van der Waals surface area contributed by atoms with Gasteiger partial charge in [0.25, 0.3) is 0 Å². The Hall–Kier alpha value is -2.63. The van der Waals surface area contributed by atoms with Gasteiger partial charge in [0.1, 0.15) is 17.9 Å². The summed E-state index contributed by atoms with van der Waals surface area (Å²) in [6.07, 6.45) is 2.74. The van der Waals surface area contributed by atoms with Crippen molar-refractivity contribution in [1.29, 1.82) is 0 Å². The van der Waals surface area contributed by atoms with Gasteiger partial charge in [0.15, 0.2) is 5.65 Å². The number of hydrogen-bond acceptors (Lipinski definition) is 3. The van der Waals surface area contributed by atoms with Crippen molar-refractivity contribution >= 4 is 28.8 Å². The van der Waals surface area contributed by atoms with Crippen molar-refractivity contribution in [2.75, 3.05) is 7.11 Å². The fraction of sp³-hybridized carbons (Fsp3) is 0.143. The average Bonchev–Trinajstić information content (AvgIpc) is 3.17. The number of aromatic nitrogens is 3. The molecule has 4 nitrogen and oxygen atoms in total. The van der Waals surface area contributed by atoms with Crippen LogP contribution in [-0.2, 0) is 12.8 Å². The third-order valence-electron chi connectivity index (χ3n) is 4.69. The number of halogens is 3. The molecular weight excluding hydrogens is 400 g/mol. The number of hydrogen-bond donors (Lipinski definition) is 0. The van der Waals surface area contributed by atoms with Crippen LogP contribution in [0.1, 0.15) is 11.3 Å². The molecule has 2 aromatic heterocycles. The van der Waals surface area contributed by atoms with E-state index in [1.54, 1.807) is 37.7 Å². The number of methoxy groups -OCH3 is 1. The van der Waals surface area contributed by atoms with Gasteiger partial charge in [0.05, 0.1) is 12.1 Å². The van der Waals surface area contributed by atoms with Crippen LogP contribution in [0.15, 0.2) is 54.9 Å². The van der Waals surface area contributed by atoms with Crippen molar-refractivity contribution in [2.24, 2.45) is 0 Å². The summed E-state index contributed by atoms with van der Waals surface area (Å²) in [6, 6.07) is 14.1. The Labute approximate surface area is 171 Å². The lowest BCUT2D eigenvalue weighted by Crippen LogP contribution is -2.03. The molecule has 4 aromatic rings. The first-order valence-electron chi connectivity index (χ1n) is 8.67. The lowest BCUT2D eigenvalue weighted by molar-refractivity contribution is 0.404. The lowest BCUT2D eigenvalue weighted by Gasteiger charge is -2.12. The van der Waals surface area contributed by atoms with E-state index in [1.807, 2.05) is 22.6 Å². The maximum atomic E-state index is 14.2. The van der Waals surface area contributed by atoms with Crippen LogP contribution in [0.2, 0.25) is 10.0 Å². The minimum atomic E-state index is -0.274. The van der Waals surface area contributed by atoms with Gasteiger partial charge in [-0.2, -0.15) is 0 Å². The van der Waals surface area contributed by atoms with E-state index >= 15 is 0 Å². The van der Waals surface area contributed by atoms with Crippen LogP contribution in [0.5, 0.6) is 5.75 Å². The molecule has 0 spiro atoms. The van der Waals surface area contributed by atoms with Gasteiger partial charge in [0.2, 0.25) is 0 Å². The van der Waals surface area contributed by atoms with Gasteiger partial charge in [-0.05, 0) is 49.2 Å². The predicted octanol–water partition coefficient (Wildman–Crippen LogP) is 5.64. The van der Waals surface area contributed by atoms with Gasteiger partial charge >= 0.3 is 0 Å². The molecule has 4 rings (SSSR count). The largest absolute Gasteiger partial charge is 0.496 e. The van der Waals surface area contributed by atoms with Crippen molar-refractivity contribution < 1.29 is 9.13 Å². The van der Waals surface area contributed by atoms with Crippen LogP contribution in [-0.4, -0.2) is 21.7 Å². The highest BCUT2D eigenvalue weighted by Crippen LogP contribution is 2.33. The summed E-state index contributed by atoms with van der Waals surface area (Å²) in [4.78, 5) is 0. The standard InChI is InChI=1S/C21H16Cl2FN3O/c1-28-20-4-2-3-19(24)17(20)10-7-14-6-9-16(21-26-25-12-27(14)21)15-8-5-13(22)11-18(15)23/h2-6,8-9,11-12H,7,10H2,1H3. The summed E-state index contributed by atoms with van der Waals surface area (Å²) < 4.78 is 21.4. The highest BCUT2D eigenvalue weighted by Gasteiger charge is 2.14. The number of aryl methyl sites for hydroxylation is 1. The predicted molar refractivity (Wildman–Crippen MR) is 109 cm³/mol. The highest BCUT2D eigenvalue weighted by molar-refractivity contribution is 6.36. The molecule has 0 aliphatic rings. The number of fused-ring (bicyclic) bond motifs is 1. The maximum absolute atomic E-state index is 14.2. The Morgan fingerprint density at radius 3 is 2.64 bits per heavy atom. The smallest absolute Gasteiger partial charge is 0.168 e. The summed E-state index contributed by atoms with van der Waals surface area (Å²) in [7, 11) is 1.54. The van der Waals surface area contributed by atoms with Crippen LogP contribution in [0, 0.1) is 5.82 Å². The van der Waals surface area contributed by atoms with Gasteiger partial charge in [-0.25, -0.2) is 4.39 Å². The zero-order chi connectivity index (χ0) is 19.7. The van der Waals surface area contributed by atoms with Crippen molar-refractivity contribution in [1.82, 2.24) is 14.6 Å². The van der Waals surface area contributed by atoms with E-state index < -0.39 is 0 Å². The Morgan fingerprint density at radius 2 is 1.86 bits per heavy atom. The van der Waals surface area contributed by atoms with Crippen LogP contribution >= 0.6 is 23.2 Å². The Kier molecular flexibility index (Phi) is 5.20. The monoisotopic (exact) mass is 415 g/mol. The maximum Gasteiger partial charge on any atom is 0.168 e. The van der Waals surface area contributed by atoms with Crippen LogP contribution < -0.4 is 4.74 Å². The first-order chi connectivity index (χ1) is 13.6.